The Bertz CT molecular complexity index is 916. The molecule has 1 fully saturated rings. The van der Waals surface area contributed by atoms with Crippen LogP contribution in [0.3, 0.4) is 0 Å². The highest BCUT2D eigenvalue weighted by Gasteiger charge is 2.21. The van der Waals surface area contributed by atoms with E-state index in [1.807, 2.05) is 6.92 Å². The molecule has 2 heterocycles. The summed E-state index contributed by atoms with van der Waals surface area (Å²) in [5.74, 6) is 1.49. The molecule has 0 bridgehead atoms. The van der Waals surface area contributed by atoms with Crippen LogP contribution in [0.15, 0.2) is 52.6 Å². The standard InChI is InChI=1S/C19H27N7O2S.HI/c1-16-4-6-17(7-5-16)29(27,28)24-11-10-23-18(20-2)25-12-14-26(15-13-25)19-21-8-3-9-22-19;/h3-9,24H,10-15H2,1-2H3,(H,20,23);1H. The Morgan fingerprint density at radius 1 is 1.07 bits per heavy atom. The monoisotopic (exact) mass is 545 g/mol. The van der Waals surface area contributed by atoms with E-state index in [0.29, 0.717) is 6.54 Å². The number of halogens is 1. The van der Waals surface area contributed by atoms with Crippen molar-refractivity contribution in [1.82, 2.24) is 24.9 Å². The number of aromatic nitrogens is 2. The first-order chi connectivity index (χ1) is 14.0. The van der Waals surface area contributed by atoms with Gasteiger partial charge in [-0.05, 0) is 25.1 Å². The average molecular weight is 545 g/mol. The van der Waals surface area contributed by atoms with Gasteiger partial charge in [-0.1, -0.05) is 17.7 Å². The molecule has 1 aliphatic heterocycles. The number of aryl methyl sites for hydroxylation is 1. The Hall–Kier alpha value is -1.99. The van der Waals surface area contributed by atoms with E-state index in [0.717, 1.165) is 43.7 Å². The number of hydrogen-bond donors (Lipinski definition) is 2. The van der Waals surface area contributed by atoms with Gasteiger partial charge in [0, 0.05) is 58.7 Å². The molecule has 1 saturated heterocycles. The number of guanidine groups is 1. The van der Waals surface area contributed by atoms with Crippen LogP contribution in [0.25, 0.3) is 0 Å². The lowest BCUT2D eigenvalue weighted by atomic mass is 10.2. The summed E-state index contributed by atoms with van der Waals surface area (Å²) in [6.07, 6.45) is 3.49. The Labute approximate surface area is 195 Å². The zero-order chi connectivity index (χ0) is 20.7. The molecule has 164 valence electrons. The van der Waals surface area contributed by atoms with E-state index in [1.54, 1.807) is 49.8 Å². The summed E-state index contributed by atoms with van der Waals surface area (Å²) in [7, 11) is -1.78. The zero-order valence-corrected chi connectivity index (χ0v) is 20.3. The van der Waals surface area contributed by atoms with Gasteiger partial charge in [-0.3, -0.25) is 4.99 Å². The van der Waals surface area contributed by atoms with Gasteiger partial charge in [0.2, 0.25) is 16.0 Å². The van der Waals surface area contributed by atoms with E-state index in [2.05, 4.69) is 34.8 Å². The minimum atomic E-state index is -3.51. The van der Waals surface area contributed by atoms with Crippen LogP contribution in [0.2, 0.25) is 0 Å². The van der Waals surface area contributed by atoms with Gasteiger partial charge in [-0.15, -0.1) is 24.0 Å². The molecule has 30 heavy (non-hydrogen) atoms. The normalized spacial score (nSPS) is 14.9. The Kier molecular flexibility index (Phi) is 9.24. The third kappa shape index (κ3) is 6.51. The number of rotatable bonds is 6. The zero-order valence-electron chi connectivity index (χ0n) is 17.2. The lowest BCUT2D eigenvalue weighted by Gasteiger charge is -2.36. The lowest BCUT2D eigenvalue weighted by Crippen LogP contribution is -2.53. The van der Waals surface area contributed by atoms with Crippen molar-refractivity contribution >= 4 is 45.9 Å². The van der Waals surface area contributed by atoms with Gasteiger partial charge in [-0.25, -0.2) is 23.1 Å². The van der Waals surface area contributed by atoms with E-state index in [9.17, 15) is 8.42 Å². The summed E-state index contributed by atoms with van der Waals surface area (Å²) in [6.45, 7) is 5.80. The van der Waals surface area contributed by atoms with Crippen molar-refractivity contribution in [2.45, 2.75) is 11.8 Å². The van der Waals surface area contributed by atoms with Crippen molar-refractivity contribution < 1.29 is 8.42 Å². The number of benzene rings is 1. The third-order valence-corrected chi connectivity index (χ3v) is 6.13. The van der Waals surface area contributed by atoms with Crippen LogP contribution in [0.5, 0.6) is 0 Å². The molecule has 11 heteroatoms. The summed E-state index contributed by atoms with van der Waals surface area (Å²) >= 11 is 0. The third-order valence-electron chi connectivity index (χ3n) is 4.66. The van der Waals surface area contributed by atoms with Gasteiger partial charge in [0.15, 0.2) is 5.96 Å². The molecular weight excluding hydrogens is 517 g/mol. The first kappa shape index (κ1) is 24.3. The summed E-state index contributed by atoms with van der Waals surface area (Å²) in [4.78, 5) is 17.5. The van der Waals surface area contributed by atoms with E-state index < -0.39 is 10.0 Å². The van der Waals surface area contributed by atoms with Crippen molar-refractivity contribution in [2.75, 3.05) is 51.2 Å². The second kappa shape index (κ2) is 11.4. The first-order valence-corrected chi connectivity index (χ1v) is 11.0. The van der Waals surface area contributed by atoms with Crippen LogP contribution in [-0.2, 0) is 10.0 Å². The fourth-order valence-electron chi connectivity index (χ4n) is 3.07. The Morgan fingerprint density at radius 3 is 2.30 bits per heavy atom. The maximum Gasteiger partial charge on any atom is 0.240 e. The molecule has 0 radical (unpaired) electrons. The Morgan fingerprint density at radius 2 is 1.70 bits per heavy atom. The van der Waals surface area contributed by atoms with Gasteiger partial charge in [0.05, 0.1) is 4.90 Å². The highest BCUT2D eigenvalue weighted by atomic mass is 127. The van der Waals surface area contributed by atoms with Crippen LogP contribution in [0.1, 0.15) is 5.56 Å². The molecule has 1 aliphatic rings. The molecule has 2 aromatic rings. The number of hydrogen-bond acceptors (Lipinski definition) is 6. The maximum absolute atomic E-state index is 12.3. The minimum absolute atomic E-state index is 0. The molecule has 0 saturated carbocycles. The van der Waals surface area contributed by atoms with Crippen molar-refractivity contribution in [1.29, 1.82) is 0 Å². The largest absolute Gasteiger partial charge is 0.355 e. The molecule has 9 nitrogen and oxygen atoms in total. The number of nitrogens with one attached hydrogen (secondary N) is 2. The van der Waals surface area contributed by atoms with Gasteiger partial charge in [0.25, 0.3) is 0 Å². The molecule has 1 aromatic heterocycles. The SMILES string of the molecule is CN=C(NCCNS(=O)(=O)c1ccc(C)cc1)N1CCN(c2ncccn2)CC1.I. The summed E-state index contributed by atoms with van der Waals surface area (Å²) in [6, 6.07) is 8.60. The van der Waals surface area contributed by atoms with Crippen LogP contribution < -0.4 is 14.9 Å². The second-order valence-corrected chi connectivity index (χ2v) is 8.47. The fraction of sp³-hybridized carbons (Fsp3) is 0.421. The predicted octanol–water partition coefficient (Wildman–Crippen LogP) is 1.08. The number of nitrogens with zero attached hydrogens (tertiary/aromatic N) is 5. The van der Waals surface area contributed by atoms with E-state index in [4.69, 9.17) is 0 Å². The van der Waals surface area contributed by atoms with Crippen LogP contribution >= 0.6 is 24.0 Å². The molecule has 2 N–H and O–H groups in total. The smallest absolute Gasteiger partial charge is 0.240 e. The van der Waals surface area contributed by atoms with Gasteiger partial charge in [-0.2, -0.15) is 0 Å². The van der Waals surface area contributed by atoms with Crippen molar-refractivity contribution in [3.63, 3.8) is 0 Å². The summed E-state index contributed by atoms with van der Waals surface area (Å²) in [5.41, 5.74) is 1.02. The predicted molar refractivity (Wildman–Crippen MR) is 129 cm³/mol. The summed E-state index contributed by atoms with van der Waals surface area (Å²) in [5, 5.41) is 3.23. The second-order valence-electron chi connectivity index (χ2n) is 6.71. The van der Waals surface area contributed by atoms with Gasteiger partial charge >= 0.3 is 0 Å². The summed E-state index contributed by atoms with van der Waals surface area (Å²) < 4.78 is 27.3. The van der Waals surface area contributed by atoms with Crippen molar-refractivity contribution in [3.05, 3.63) is 48.3 Å². The number of anilines is 1. The van der Waals surface area contributed by atoms with Crippen LogP contribution in [0.4, 0.5) is 5.95 Å². The molecular formula is C19H28IN7O2S. The number of piperazine rings is 1. The highest BCUT2D eigenvalue weighted by molar-refractivity contribution is 14.0. The van der Waals surface area contributed by atoms with Gasteiger partial charge in [0.1, 0.15) is 0 Å². The minimum Gasteiger partial charge on any atom is -0.355 e. The van der Waals surface area contributed by atoms with Gasteiger partial charge < -0.3 is 15.1 Å². The van der Waals surface area contributed by atoms with Crippen molar-refractivity contribution in [2.24, 2.45) is 4.99 Å². The lowest BCUT2D eigenvalue weighted by molar-refractivity contribution is 0.370. The van der Waals surface area contributed by atoms with Crippen LogP contribution in [-0.4, -0.2) is 75.6 Å². The molecule has 3 rings (SSSR count). The number of aliphatic imine (C=N–C) groups is 1. The molecule has 0 unspecified atom stereocenters. The van der Waals surface area contributed by atoms with E-state index in [1.165, 1.54) is 0 Å². The maximum atomic E-state index is 12.3. The molecule has 0 aliphatic carbocycles. The van der Waals surface area contributed by atoms with Crippen LogP contribution in [0, 0.1) is 6.92 Å². The molecule has 0 atom stereocenters. The average Bonchev–Trinajstić information content (AvgIpc) is 2.75. The highest BCUT2D eigenvalue weighted by Crippen LogP contribution is 2.10. The van der Waals surface area contributed by atoms with E-state index >= 15 is 0 Å². The first-order valence-electron chi connectivity index (χ1n) is 9.53. The van der Waals surface area contributed by atoms with E-state index in [-0.39, 0.29) is 35.4 Å². The Balaban J connectivity index is 0.00000320. The fourth-order valence-corrected chi connectivity index (χ4v) is 4.10. The molecule has 0 amide bonds. The quantitative estimate of drug-likeness (QED) is 0.243. The number of sulfonamides is 1. The molecule has 0 spiro atoms. The topological polar surface area (TPSA) is 103 Å². The van der Waals surface area contributed by atoms with Crippen molar-refractivity contribution in [3.8, 4) is 0 Å². The molecule has 1 aromatic carbocycles.